The maximum absolute atomic E-state index is 12.1. The number of rotatable bonds is 3. The van der Waals surface area contributed by atoms with Crippen LogP contribution in [0, 0.1) is 5.41 Å². The average Bonchev–Trinajstić information content (AvgIpc) is 1.80. The van der Waals surface area contributed by atoms with Crippen LogP contribution >= 0.6 is 0 Å². The summed E-state index contributed by atoms with van der Waals surface area (Å²) in [7, 11) is 0. The number of alkyl halides is 7. The fourth-order valence-electron chi connectivity index (χ4n) is 0.366. The molecule has 14 heavy (non-hydrogen) atoms. The van der Waals surface area contributed by atoms with E-state index in [1.807, 2.05) is 4.74 Å². The molecule has 0 bridgehead atoms. The zero-order valence-electron chi connectivity index (χ0n) is 6.13. The molecule has 0 atom stereocenters. The van der Waals surface area contributed by atoms with Gasteiger partial charge in [-0.1, -0.05) is 0 Å². The van der Waals surface area contributed by atoms with Crippen molar-refractivity contribution in [2.24, 2.45) is 5.73 Å². The van der Waals surface area contributed by atoms with Crippen LogP contribution in [0.1, 0.15) is 0 Å². The molecule has 10 heteroatoms. The minimum atomic E-state index is -5.96. The van der Waals surface area contributed by atoms with E-state index in [1.54, 1.807) is 0 Å². The van der Waals surface area contributed by atoms with E-state index in [0.29, 0.717) is 0 Å². The fraction of sp³-hybridized carbons (Fsp3) is 0.750. The summed E-state index contributed by atoms with van der Waals surface area (Å²) in [5, 5.41) is 5.96. The van der Waals surface area contributed by atoms with Gasteiger partial charge in [-0.05, 0) is 0 Å². The number of halogens is 7. The highest BCUT2D eigenvalue weighted by atomic mass is 19.4. The van der Waals surface area contributed by atoms with Crippen molar-refractivity contribution < 1.29 is 35.5 Å². The first-order valence-corrected chi connectivity index (χ1v) is 2.77. The minimum absolute atomic E-state index is 1.85. The molecule has 0 saturated carbocycles. The van der Waals surface area contributed by atoms with Crippen molar-refractivity contribution in [3.63, 3.8) is 0 Å². The van der Waals surface area contributed by atoms with E-state index in [2.05, 4.69) is 5.73 Å². The first kappa shape index (κ1) is 12.9. The van der Waals surface area contributed by atoms with E-state index in [0.717, 1.165) is 0 Å². The quantitative estimate of drug-likeness (QED) is 0.438. The minimum Gasteiger partial charge on any atom is -0.382 e. The number of nitrogens with two attached hydrogens (primary N) is 1. The Kier molecular flexibility index (Phi) is 3.01. The van der Waals surface area contributed by atoms with E-state index in [1.165, 1.54) is 0 Å². The second-order valence-electron chi connectivity index (χ2n) is 2.05. The van der Waals surface area contributed by atoms with Gasteiger partial charge in [0, 0.05) is 0 Å². The summed E-state index contributed by atoms with van der Waals surface area (Å²) in [6, 6.07) is 0. The summed E-state index contributed by atoms with van der Waals surface area (Å²) >= 11 is 0. The maximum atomic E-state index is 12.1. The molecule has 0 aliphatic carbocycles. The van der Waals surface area contributed by atoms with Crippen molar-refractivity contribution in [1.29, 1.82) is 5.41 Å². The van der Waals surface area contributed by atoms with Gasteiger partial charge in [-0.2, -0.15) is 17.6 Å². The summed E-state index contributed by atoms with van der Waals surface area (Å²) in [5.74, 6) is -7.94. The van der Waals surface area contributed by atoms with Crippen LogP contribution in [0.25, 0.3) is 0 Å². The molecule has 0 rings (SSSR count). The predicted molar refractivity (Wildman–Crippen MR) is 28.9 cm³/mol. The molecule has 0 aliphatic rings. The third-order valence-electron chi connectivity index (χ3n) is 0.948. The van der Waals surface area contributed by atoms with E-state index < -0.39 is 24.2 Å². The molecular weight excluding hydrogens is 225 g/mol. The summed E-state index contributed by atoms with van der Waals surface area (Å²) in [4.78, 5) is 0. The molecule has 0 radical (unpaired) electrons. The molecule has 3 N–H and O–H groups in total. The Hall–Kier alpha value is -1.06. The molecule has 3 nitrogen and oxygen atoms in total. The Balaban J connectivity index is 4.87. The topological polar surface area (TPSA) is 59.1 Å². The zero-order chi connectivity index (χ0) is 11.8. The van der Waals surface area contributed by atoms with Gasteiger partial charge in [0.25, 0.3) is 0 Å². The number of nitrogens with one attached hydrogen (secondary N) is 1. The standard InChI is InChI=1S/C4H3F7N2O/c5-2(6,1(12)13)3(7,8)14-4(9,10)11/h(H3,12,13). The maximum Gasteiger partial charge on any atom is 0.527 e. The van der Waals surface area contributed by atoms with Gasteiger partial charge in [-0.15, -0.1) is 13.2 Å². The van der Waals surface area contributed by atoms with Gasteiger partial charge in [0.1, 0.15) is 0 Å². The average molecular weight is 228 g/mol. The zero-order valence-corrected chi connectivity index (χ0v) is 6.13. The van der Waals surface area contributed by atoms with Gasteiger partial charge in [0.2, 0.25) is 0 Å². The number of hydrogen-bond donors (Lipinski definition) is 2. The van der Waals surface area contributed by atoms with Crippen LogP contribution < -0.4 is 5.73 Å². The number of ether oxygens (including phenoxy) is 1. The molecular formula is C4H3F7N2O. The Bertz CT molecular complexity index is 234. The van der Waals surface area contributed by atoms with Crippen molar-refractivity contribution in [2.45, 2.75) is 18.4 Å². The third-order valence-corrected chi connectivity index (χ3v) is 0.948. The number of hydrogen-bond acceptors (Lipinski definition) is 2. The van der Waals surface area contributed by atoms with Crippen LogP contribution in [-0.2, 0) is 4.74 Å². The lowest BCUT2D eigenvalue weighted by atomic mass is 10.3. The van der Waals surface area contributed by atoms with E-state index in [4.69, 9.17) is 5.41 Å². The van der Waals surface area contributed by atoms with Crippen LogP contribution in [0.15, 0.2) is 0 Å². The van der Waals surface area contributed by atoms with Gasteiger partial charge in [0.05, 0.1) is 0 Å². The van der Waals surface area contributed by atoms with Crippen LogP contribution in [0.4, 0.5) is 30.7 Å². The largest absolute Gasteiger partial charge is 0.527 e. The SMILES string of the molecule is N=C(N)C(F)(F)C(F)(F)OC(F)(F)F. The van der Waals surface area contributed by atoms with Crippen molar-refractivity contribution in [2.75, 3.05) is 0 Å². The van der Waals surface area contributed by atoms with Crippen molar-refractivity contribution in [3.8, 4) is 0 Å². The van der Waals surface area contributed by atoms with Crippen LogP contribution in [-0.4, -0.2) is 24.2 Å². The lowest BCUT2D eigenvalue weighted by molar-refractivity contribution is -0.455. The molecule has 0 amide bonds. The fourth-order valence-corrected chi connectivity index (χ4v) is 0.366. The van der Waals surface area contributed by atoms with E-state index in [9.17, 15) is 30.7 Å². The third kappa shape index (κ3) is 2.72. The van der Waals surface area contributed by atoms with Crippen LogP contribution in [0.3, 0.4) is 0 Å². The normalized spacial score (nSPS) is 14.2. The lowest BCUT2D eigenvalue weighted by Gasteiger charge is -2.25. The first-order chi connectivity index (χ1) is 5.90. The summed E-state index contributed by atoms with van der Waals surface area (Å²) in [6.45, 7) is 0. The summed E-state index contributed by atoms with van der Waals surface area (Å²) in [6.07, 6.45) is -11.9. The van der Waals surface area contributed by atoms with Crippen molar-refractivity contribution in [1.82, 2.24) is 0 Å². The van der Waals surface area contributed by atoms with Crippen LogP contribution in [0.5, 0.6) is 0 Å². The first-order valence-electron chi connectivity index (χ1n) is 2.77. The van der Waals surface area contributed by atoms with Crippen LogP contribution in [0.2, 0.25) is 0 Å². The molecule has 0 spiro atoms. The Morgan fingerprint density at radius 1 is 1.00 bits per heavy atom. The van der Waals surface area contributed by atoms with Gasteiger partial charge >= 0.3 is 18.4 Å². The predicted octanol–water partition coefficient (Wildman–Crippen LogP) is 1.69. The molecule has 0 saturated heterocycles. The second kappa shape index (κ2) is 3.26. The lowest BCUT2D eigenvalue weighted by Crippen LogP contribution is -2.53. The molecule has 0 aromatic heterocycles. The van der Waals surface area contributed by atoms with Gasteiger partial charge < -0.3 is 5.73 Å². The Morgan fingerprint density at radius 2 is 1.36 bits per heavy atom. The van der Waals surface area contributed by atoms with Gasteiger partial charge in [-0.3, -0.25) is 5.41 Å². The Labute approximate surface area is 72.1 Å². The molecule has 0 fully saturated rings. The molecule has 0 aromatic carbocycles. The molecule has 0 heterocycles. The summed E-state index contributed by atoms with van der Waals surface area (Å²) in [5.41, 5.74) is 3.98. The van der Waals surface area contributed by atoms with Gasteiger partial charge in [0.15, 0.2) is 5.84 Å². The second-order valence-corrected chi connectivity index (χ2v) is 2.05. The molecule has 0 aliphatic heterocycles. The highest BCUT2D eigenvalue weighted by Crippen LogP contribution is 2.39. The highest BCUT2D eigenvalue weighted by molar-refractivity contribution is 5.85. The highest BCUT2D eigenvalue weighted by Gasteiger charge is 2.65. The van der Waals surface area contributed by atoms with Crippen molar-refractivity contribution >= 4 is 5.84 Å². The van der Waals surface area contributed by atoms with Gasteiger partial charge in [-0.25, -0.2) is 4.74 Å². The van der Waals surface area contributed by atoms with E-state index >= 15 is 0 Å². The molecule has 0 unspecified atom stereocenters. The molecule has 84 valence electrons. The summed E-state index contributed by atoms with van der Waals surface area (Å²) < 4.78 is 83.8. The smallest absolute Gasteiger partial charge is 0.382 e. The monoisotopic (exact) mass is 228 g/mol. The van der Waals surface area contributed by atoms with E-state index in [-0.39, 0.29) is 0 Å². The Morgan fingerprint density at radius 3 is 1.57 bits per heavy atom. The van der Waals surface area contributed by atoms with Crippen molar-refractivity contribution in [3.05, 3.63) is 0 Å². The molecule has 0 aromatic rings. The number of amidine groups is 1.